The van der Waals surface area contributed by atoms with Gasteiger partial charge in [0.15, 0.2) is 17.3 Å². The maximum Gasteiger partial charge on any atom is 0.228 e. The summed E-state index contributed by atoms with van der Waals surface area (Å²) in [7, 11) is 0. The minimum Gasteiger partial charge on any atom is -0.351 e. The number of ketones is 1. The van der Waals surface area contributed by atoms with Crippen molar-refractivity contribution in [1.82, 2.24) is 24.6 Å². The molecule has 1 N–H and O–H groups in total. The fourth-order valence-electron chi connectivity index (χ4n) is 4.24. The number of anilines is 1. The van der Waals surface area contributed by atoms with Gasteiger partial charge in [-0.3, -0.25) is 9.78 Å². The molecule has 3 aromatic heterocycles. The number of carbonyl (C=O) groups excluding carboxylic acids is 1. The van der Waals surface area contributed by atoms with Gasteiger partial charge in [-0.05, 0) is 42.9 Å². The highest BCUT2D eigenvalue weighted by Gasteiger charge is 2.25. The summed E-state index contributed by atoms with van der Waals surface area (Å²) in [6.45, 7) is 4.17. The van der Waals surface area contributed by atoms with E-state index >= 15 is 0 Å². The smallest absolute Gasteiger partial charge is 0.228 e. The Morgan fingerprint density at radius 2 is 2.06 bits per heavy atom. The van der Waals surface area contributed by atoms with E-state index in [0.29, 0.717) is 29.4 Å². The molecule has 7 nitrogen and oxygen atoms in total. The van der Waals surface area contributed by atoms with Crippen molar-refractivity contribution in [1.29, 1.82) is 0 Å². The Kier molecular flexibility index (Phi) is 4.84. The molecule has 0 saturated heterocycles. The third-order valence-corrected chi connectivity index (χ3v) is 5.89. The van der Waals surface area contributed by atoms with E-state index in [1.54, 1.807) is 16.8 Å². The Labute approximate surface area is 179 Å². The van der Waals surface area contributed by atoms with E-state index in [1.165, 1.54) is 17.2 Å². The van der Waals surface area contributed by atoms with Gasteiger partial charge in [0.1, 0.15) is 5.82 Å². The van der Waals surface area contributed by atoms with Crippen molar-refractivity contribution in [3.63, 3.8) is 0 Å². The summed E-state index contributed by atoms with van der Waals surface area (Å²) in [6.07, 6.45) is 11.3. The Morgan fingerprint density at radius 3 is 2.87 bits per heavy atom. The monoisotopic (exact) mass is 418 g/mol. The molecule has 0 unspecified atom stereocenters. The van der Waals surface area contributed by atoms with Gasteiger partial charge >= 0.3 is 0 Å². The molecule has 8 heteroatoms. The number of allylic oxidation sites excluding steroid dienone is 3. The van der Waals surface area contributed by atoms with Crippen LogP contribution in [-0.2, 0) is 4.79 Å². The van der Waals surface area contributed by atoms with E-state index in [1.807, 2.05) is 12.3 Å². The lowest BCUT2D eigenvalue weighted by Gasteiger charge is -2.28. The summed E-state index contributed by atoms with van der Waals surface area (Å²) in [5, 5.41) is 8.05. The van der Waals surface area contributed by atoms with Crippen molar-refractivity contribution >= 4 is 17.4 Å². The first-order valence-corrected chi connectivity index (χ1v) is 10.5. The molecule has 3 heterocycles. The Morgan fingerprint density at radius 1 is 1.19 bits per heavy atom. The third-order valence-electron chi connectivity index (χ3n) is 5.89. The molecule has 1 atom stereocenters. The zero-order valence-corrected chi connectivity index (χ0v) is 17.5. The summed E-state index contributed by atoms with van der Waals surface area (Å²) in [4.78, 5) is 25.0. The first-order chi connectivity index (χ1) is 15.0. The molecule has 0 bridgehead atoms. The number of fused-ring (bicyclic) bond motifs is 1. The lowest BCUT2D eigenvalue weighted by molar-refractivity contribution is -0.114. The minimum absolute atomic E-state index is 0.153. The third kappa shape index (κ3) is 3.73. The van der Waals surface area contributed by atoms with E-state index in [9.17, 15) is 9.18 Å². The van der Waals surface area contributed by atoms with Crippen molar-refractivity contribution in [2.75, 3.05) is 5.32 Å². The van der Waals surface area contributed by atoms with Gasteiger partial charge in [0.2, 0.25) is 5.95 Å². The molecule has 3 aromatic rings. The summed E-state index contributed by atoms with van der Waals surface area (Å²) in [6, 6.07) is 1.54. The Hall–Kier alpha value is -3.42. The zero-order valence-electron chi connectivity index (χ0n) is 17.5. The van der Waals surface area contributed by atoms with E-state index in [-0.39, 0.29) is 17.7 Å². The van der Waals surface area contributed by atoms with Gasteiger partial charge in [0.05, 0.1) is 12.4 Å². The normalized spacial score (nSPS) is 18.7. The number of hydrogen-bond acceptors (Lipinski definition) is 6. The molecule has 0 radical (unpaired) electrons. The molecular formula is C23H23FN6O. The Bertz CT molecular complexity index is 1240. The number of aromatic nitrogens is 5. The van der Waals surface area contributed by atoms with Crippen LogP contribution in [0.25, 0.3) is 17.0 Å². The van der Waals surface area contributed by atoms with Crippen LogP contribution >= 0.6 is 0 Å². The molecule has 0 spiro atoms. The van der Waals surface area contributed by atoms with Crippen LogP contribution in [-0.4, -0.2) is 36.4 Å². The van der Waals surface area contributed by atoms with Gasteiger partial charge in [0.25, 0.3) is 0 Å². The molecule has 0 amide bonds. The molecule has 158 valence electrons. The fraction of sp³-hybridized carbons (Fsp3) is 0.348. The standard InChI is InChI=1S/C23H23FN6O/c1-13(2)20-12-26-30-22(20)28-21(16-7-17(24)11-25-10-16)29-23(30)27-18-5-3-15-9-19(31)6-4-14(15)8-18/h4,6-7,10-13,18H,3,5,8-9H2,1-2H3,(H,27,28,29)/t18-/m1/s1. The van der Waals surface area contributed by atoms with Crippen molar-refractivity contribution in [3.05, 3.63) is 59.3 Å². The number of rotatable bonds is 4. The number of pyridine rings is 1. The van der Waals surface area contributed by atoms with Crippen LogP contribution < -0.4 is 5.32 Å². The van der Waals surface area contributed by atoms with E-state index in [2.05, 4.69) is 39.2 Å². The van der Waals surface area contributed by atoms with Gasteiger partial charge in [-0.2, -0.15) is 14.6 Å². The van der Waals surface area contributed by atoms with Crippen LogP contribution in [0.15, 0.2) is 48.0 Å². The van der Waals surface area contributed by atoms with Crippen molar-refractivity contribution < 1.29 is 9.18 Å². The molecular weight excluding hydrogens is 395 g/mol. The molecule has 0 fully saturated rings. The van der Waals surface area contributed by atoms with Gasteiger partial charge in [-0.1, -0.05) is 25.5 Å². The molecule has 2 aliphatic rings. The zero-order chi connectivity index (χ0) is 21.5. The second kappa shape index (κ2) is 7.68. The van der Waals surface area contributed by atoms with E-state index < -0.39 is 5.82 Å². The Balaban J connectivity index is 1.53. The highest BCUT2D eigenvalue weighted by Crippen LogP contribution is 2.33. The maximum atomic E-state index is 13.8. The topological polar surface area (TPSA) is 85.1 Å². The van der Waals surface area contributed by atoms with E-state index in [4.69, 9.17) is 0 Å². The average molecular weight is 418 g/mol. The SMILES string of the molecule is CC(C)c1cnn2c(N[C@@H]3CCC4=C(C=CC(=O)C4)C3)nc(-c3cncc(F)c3)nc12. The summed E-state index contributed by atoms with van der Waals surface area (Å²) in [5.41, 5.74) is 4.69. The van der Waals surface area contributed by atoms with Crippen LogP contribution in [0, 0.1) is 5.82 Å². The van der Waals surface area contributed by atoms with Gasteiger partial charge < -0.3 is 5.32 Å². The largest absolute Gasteiger partial charge is 0.351 e. The maximum absolute atomic E-state index is 13.8. The predicted molar refractivity (Wildman–Crippen MR) is 115 cm³/mol. The molecule has 2 aliphatic carbocycles. The van der Waals surface area contributed by atoms with Crippen molar-refractivity contribution in [3.8, 4) is 11.4 Å². The van der Waals surface area contributed by atoms with Crippen LogP contribution in [0.3, 0.4) is 0 Å². The van der Waals surface area contributed by atoms with Crippen LogP contribution in [0.4, 0.5) is 10.3 Å². The van der Waals surface area contributed by atoms with Crippen molar-refractivity contribution in [2.45, 2.75) is 51.5 Å². The van der Waals surface area contributed by atoms with Gasteiger partial charge in [-0.25, -0.2) is 9.37 Å². The van der Waals surface area contributed by atoms with E-state index in [0.717, 1.165) is 31.0 Å². The predicted octanol–water partition coefficient (Wildman–Crippen LogP) is 4.24. The average Bonchev–Trinajstić information content (AvgIpc) is 3.18. The van der Waals surface area contributed by atoms with Crippen LogP contribution in [0.2, 0.25) is 0 Å². The molecule has 5 rings (SSSR count). The molecule has 0 aliphatic heterocycles. The first-order valence-electron chi connectivity index (χ1n) is 10.5. The summed E-state index contributed by atoms with van der Waals surface area (Å²) >= 11 is 0. The number of carbonyl (C=O) groups is 1. The minimum atomic E-state index is -0.432. The number of nitrogens with zero attached hydrogens (tertiary/aromatic N) is 5. The number of halogens is 1. The second-order valence-electron chi connectivity index (χ2n) is 8.44. The van der Waals surface area contributed by atoms with Gasteiger partial charge in [-0.15, -0.1) is 0 Å². The number of nitrogens with one attached hydrogen (secondary N) is 1. The summed E-state index contributed by atoms with van der Waals surface area (Å²) in [5.74, 6) is 0.947. The molecule has 0 saturated carbocycles. The fourth-order valence-corrected chi connectivity index (χ4v) is 4.24. The highest BCUT2D eigenvalue weighted by atomic mass is 19.1. The van der Waals surface area contributed by atoms with Crippen LogP contribution in [0.5, 0.6) is 0 Å². The molecule has 0 aromatic carbocycles. The van der Waals surface area contributed by atoms with Crippen molar-refractivity contribution in [2.24, 2.45) is 0 Å². The summed E-state index contributed by atoms with van der Waals surface area (Å²) < 4.78 is 15.5. The second-order valence-corrected chi connectivity index (χ2v) is 8.44. The lowest BCUT2D eigenvalue weighted by Crippen LogP contribution is -2.27. The quantitative estimate of drug-likeness (QED) is 0.682. The number of hydrogen-bond donors (Lipinski definition) is 1. The van der Waals surface area contributed by atoms with Crippen LogP contribution in [0.1, 0.15) is 51.0 Å². The molecule has 31 heavy (non-hydrogen) atoms. The lowest BCUT2D eigenvalue weighted by atomic mass is 9.83. The first kappa shape index (κ1) is 19.5. The highest BCUT2D eigenvalue weighted by molar-refractivity contribution is 5.93. The van der Waals surface area contributed by atoms with Gasteiger partial charge in [0, 0.05) is 29.8 Å².